The van der Waals surface area contributed by atoms with Crippen LogP contribution in [0, 0.1) is 17.8 Å². The van der Waals surface area contributed by atoms with Crippen molar-refractivity contribution >= 4 is 17.3 Å². The van der Waals surface area contributed by atoms with E-state index in [9.17, 15) is 14.4 Å². The van der Waals surface area contributed by atoms with Gasteiger partial charge in [-0.25, -0.2) is 0 Å². The number of hydrogen-bond acceptors (Lipinski definition) is 6. The molecule has 6 nitrogen and oxygen atoms in total. The van der Waals surface area contributed by atoms with Crippen LogP contribution in [-0.2, 0) is 31.2 Å². The van der Waals surface area contributed by atoms with E-state index in [1.165, 1.54) is 39.0 Å². The molecule has 0 amide bonds. The summed E-state index contributed by atoms with van der Waals surface area (Å²) in [5, 5.41) is 26.0. The van der Waals surface area contributed by atoms with E-state index >= 15 is 0 Å². The maximum atomic E-state index is 10.8. The number of carbonyl (C=O) groups excluding carboxylic acids is 3. The third-order valence-electron chi connectivity index (χ3n) is 2.94. The minimum absolute atomic E-state index is 0. The second-order valence-corrected chi connectivity index (χ2v) is 8.55. The second kappa shape index (κ2) is 21.4. The molecule has 0 aliphatic rings. The first-order valence-corrected chi connectivity index (χ1v) is 10.3. The van der Waals surface area contributed by atoms with E-state index in [4.69, 9.17) is 15.3 Å². The largest absolute Gasteiger partial charge is 0.512 e. The van der Waals surface area contributed by atoms with Crippen molar-refractivity contribution in [2.75, 3.05) is 0 Å². The zero-order valence-electron chi connectivity index (χ0n) is 20.5. The SMILES string of the molecule is C/C(O)=C/C(=O)CC(C)C.C/C(O)=C/C(=O)CC(C)C.C/C(O)=C/C(=O)CC(C)C.[Co]. The number of hydrogen-bond donors (Lipinski definition) is 3. The summed E-state index contributed by atoms with van der Waals surface area (Å²) in [7, 11) is 0. The summed E-state index contributed by atoms with van der Waals surface area (Å²) >= 11 is 0. The van der Waals surface area contributed by atoms with Crippen LogP contribution in [0.5, 0.6) is 0 Å². The molecule has 0 aliphatic heterocycles. The molecule has 0 bridgehead atoms. The van der Waals surface area contributed by atoms with Gasteiger partial charge in [-0.3, -0.25) is 14.4 Å². The van der Waals surface area contributed by atoms with Gasteiger partial charge >= 0.3 is 0 Å². The van der Waals surface area contributed by atoms with Gasteiger partial charge < -0.3 is 15.3 Å². The maximum absolute atomic E-state index is 10.8. The molecule has 0 fully saturated rings. The number of aliphatic hydroxyl groups excluding tert-OH is 3. The quantitative estimate of drug-likeness (QED) is 0.265. The van der Waals surface area contributed by atoms with Gasteiger partial charge in [0.15, 0.2) is 17.3 Å². The number of aliphatic hydroxyl groups is 3. The predicted octanol–water partition coefficient (Wildman–Crippen LogP) is 6.19. The van der Waals surface area contributed by atoms with Gasteiger partial charge in [0.2, 0.25) is 0 Å². The van der Waals surface area contributed by atoms with Crippen molar-refractivity contribution in [2.24, 2.45) is 17.8 Å². The van der Waals surface area contributed by atoms with Crippen LogP contribution in [0.1, 0.15) is 81.6 Å². The molecule has 1 radical (unpaired) electrons. The van der Waals surface area contributed by atoms with Crippen molar-refractivity contribution in [3.05, 3.63) is 35.5 Å². The maximum Gasteiger partial charge on any atom is 0.159 e. The minimum atomic E-state index is -0.00463. The van der Waals surface area contributed by atoms with Gasteiger partial charge in [-0.1, -0.05) is 41.5 Å². The Hall–Kier alpha value is -1.86. The molecule has 0 aliphatic carbocycles. The minimum Gasteiger partial charge on any atom is -0.512 e. The van der Waals surface area contributed by atoms with E-state index in [0.29, 0.717) is 37.0 Å². The molecular formula is C24H42CoO6. The van der Waals surface area contributed by atoms with E-state index in [0.717, 1.165) is 0 Å². The monoisotopic (exact) mass is 485 g/mol. The van der Waals surface area contributed by atoms with Crippen LogP contribution in [0.4, 0.5) is 0 Å². The van der Waals surface area contributed by atoms with Gasteiger partial charge in [-0.05, 0) is 38.5 Å². The van der Waals surface area contributed by atoms with Crippen molar-refractivity contribution < 1.29 is 46.5 Å². The summed E-state index contributed by atoms with van der Waals surface area (Å²) < 4.78 is 0. The molecule has 0 rings (SSSR count). The molecule has 0 atom stereocenters. The Morgan fingerprint density at radius 3 is 0.806 bits per heavy atom. The summed E-state index contributed by atoms with van der Waals surface area (Å²) in [5.41, 5.74) is 0. The van der Waals surface area contributed by atoms with Crippen LogP contribution in [0.15, 0.2) is 35.5 Å². The molecule has 0 aromatic rings. The van der Waals surface area contributed by atoms with Gasteiger partial charge in [0, 0.05) is 54.3 Å². The van der Waals surface area contributed by atoms with Crippen LogP contribution < -0.4 is 0 Å². The molecular weight excluding hydrogens is 443 g/mol. The average molecular weight is 486 g/mol. The second-order valence-electron chi connectivity index (χ2n) is 8.55. The summed E-state index contributed by atoms with van der Waals surface area (Å²) in [6, 6.07) is 0. The molecule has 31 heavy (non-hydrogen) atoms. The zero-order chi connectivity index (χ0) is 24.4. The van der Waals surface area contributed by atoms with Crippen LogP contribution in [0.3, 0.4) is 0 Å². The summed E-state index contributed by atoms with van der Waals surface area (Å²) in [4.78, 5) is 32.5. The first-order valence-electron chi connectivity index (χ1n) is 10.3. The zero-order valence-corrected chi connectivity index (χ0v) is 21.5. The predicted molar refractivity (Wildman–Crippen MR) is 123 cm³/mol. The Labute approximate surface area is 198 Å². The van der Waals surface area contributed by atoms with Gasteiger partial charge in [-0.2, -0.15) is 0 Å². The number of allylic oxidation sites excluding steroid dienone is 6. The Kier molecular flexibility index (Phi) is 25.2. The number of carbonyl (C=O) groups is 3. The number of ketones is 3. The summed E-state index contributed by atoms with van der Waals surface area (Å²) in [6.07, 6.45) is 5.33. The molecule has 0 aromatic carbocycles. The molecule has 0 saturated carbocycles. The fourth-order valence-corrected chi connectivity index (χ4v) is 2.08. The van der Waals surface area contributed by atoms with Gasteiger partial charge in [0.05, 0.1) is 17.3 Å². The van der Waals surface area contributed by atoms with Gasteiger partial charge in [0.25, 0.3) is 0 Å². The molecule has 3 N–H and O–H groups in total. The van der Waals surface area contributed by atoms with E-state index in [1.807, 2.05) is 41.5 Å². The van der Waals surface area contributed by atoms with Crippen molar-refractivity contribution in [3.63, 3.8) is 0 Å². The van der Waals surface area contributed by atoms with E-state index in [-0.39, 0.29) is 51.4 Å². The van der Waals surface area contributed by atoms with Crippen LogP contribution in [-0.4, -0.2) is 32.7 Å². The average Bonchev–Trinajstić information content (AvgIpc) is 2.42. The summed E-state index contributed by atoms with van der Waals surface area (Å²) in [6.45, 7) is 16.3. The molecule has 183 valence electrons. The number of rotatable bonds is 9. The first kappa shape index (κ1) is 36.5. The van der Waals surface area contributed by atoms with Crippen molar-refractivity contribution in [1.82, 2.24) is 0 Å². The van der Waals surface area contributed by atoms with E-state index in [2.05, 4.69) is 0 Å². The van der Waals surface area contributed by atoms with E-state index in [1.54, 1.807) is 0 Å². The van der Waals surface area contributed by atoms with Crippen LogP contribution in [0.25, 0.3) is 0 Å². The first-order chi connectivity index (χ1) is 13.6. The Morgan fingerprint density at radius 2 is 0.710 bits per heavy atom. The normalized spacial score (nSPS) is 11.8. The molecule has 0 saturated heterocycles. The Bertz CT molecular complexity index is 516. The van der Waals surface area contributed by atoms with Crippen molar-refractivity contribution in [2.45, 2.75) is 81.6 Å². The fourth-order valence-electron chi connectivity index (χ4n) is 2.08. The molecule has 0 spiro atoms. The molecule has 7 heteroatoms. The Morgan fingerprint density at radius 1 is 0.548 bits per heavy atom. The van der Waals surface area contributed by atoms with Gasteiger partial charge in [-0.15, -0.1) is 0 Å². The standard InChI is InChI=1S/3C8H14O2.Co/c3*1-6(2)4-8(10)5-7(3)9;/h3*5-6,9H,4H2,1-3H3;/b3*7-5-;. The molecule has 0 heterocycles. The van der Waals surface area contributed by atoms with Crippen molar-refractivity contribution in [3.8, 4) is 0 Å². The third-order valence-corrected chi connectivity index (χ3v) is 2.94. The fraction of sp³-hybridized carbons (Fsp3) is 0.625. The van der Waals surface area contributed by atoms with E-state index < -0.39 is 0 Å². The van der Waals surface area contributed by atoms with Gasteiger partial charge in [0.1, 0.15) is 0 Å². The van der Waals surface area contributed by atoms with Crippen LogP contribution >= 0.6 is 0 Å². The Balaban J connectivity index is -0.000000174. The van der Waals surface area contributed by atoms with Crippen LogP contribution in [0.2, 0.25) is 0 Å². The molecule has 0 aromatic heterocycles. The third kappa shape index (κ3) is 39.2. The smallest absolute Gasteiger partial charge is 0.159 e. The topological polar surface area (TPSA) is 112 Å². The molecule has 0 unspecified atom stereocenters. The summed E-state index contributed by atoms with van der Waals surface area (Å²) in [5.74, 6) is 1.34. The van der Waals surface area contributed by atoms with Crippen molar-refractivity contribution in [1.29, 1.82) is 0 Å².